The van der Waals surface area contributed by atoms with Gasteiger partial charge in [0, 0.05) is 12.8 Å². The second kappa shape index (κ2) is 68.1. The van der Waals surface area contributed by atoms with Crippen molar-refractivity contribution in [2.24, 2.45) is 0 Å². The van der Waals surface area contributed by atoms with Crippen LogP contribution in [-0.2, 0) is 19.1 Å². The maximum Gasteiger partial charge on any atom is 0.306 e. The third kappa shape index (κ3) is 66.3. The van der Waals surface area contributed by atoms with Crippen LogP contribution in [0.4, 0.5) is 0 Å². The number of hydrogen-bond acceptors (Lipinski definition) is 5. The molecule has 0 aliphatic heterocycles. The Morgan fingerprint density at radius 2 is 0.558 bits per heavy atom. The molecule has 0 rings (SSSR count). The summed E-state index contributed by atoms with van der Waals surface area (Å²) in [6.07, 6.45) is 91.5. The third-order valence-electron chi connectivity index (χ3n) is 15.9. The Kier molecular flexibility index (Phi) is 66.2. The molecule has 1 N–H and O–H groups in total. The maximum atomic E-state index is 12.4. The number of aliphatic hydroxyl groups is 1. The lowest BCUT2D eigenvalue weighted by atomic mass is 10.0. The second-order valence-corrected chi connectivity index (χ2v) is 23.6. The molecule has 0 saturated carbocycles. The van der Waals surface area contributed by atoms with Crippen molar-refractivity contribution in [2.75, 3.05) is 13.2 Å². The van der Waals surface area contributed by atoms with Crippen LogP contribution in [0, 0.1) is 0 Å². The molecule has 452 valence electrons. The summed E-state index contributed by atoms with van der Waals surface area (Å²) in [7, 11) is 0. The number of ether oxygens (including phenoxy) is 2. The molecule has 0 amide bonds. The number of carbonyl (C=O) groups excluding carboxylic acids is 2. The minimum Gasteiger partial charge on any atom is -0.462 e. The van der Waals surface area contributed by atoms with Gasteiger partial charge in [0.05, 0.1) is 6.61 Å². The highest BCUT2D eigenvalue weighted by Crippen LogP contribution is 2.19. The Labute approximate surface area is 481 Å². The van der Waals surface area contributed by atoms with Crippen LogP contribution in [0.3, 0.4) is 0 Å². The normalized spacial score (nSPS) is 12.4. The van der Waals surface area contributed by atoms with Crippen molar-refractivity contribution in [1.29, 1.82) is 0 Å². The van der Waals surface area contributed by atoms with Crippen LogP contribution < -0.4 is 0 Å². The lowest BCUT2D eigenvalue weighted by molar-refractivity contribution is -0.161. The van der Waals surface area contributed by atoms with E-state index in [9.17, 15) is 14.7 Å². The molecule has 0 saturated heterocycles. The zero-order valence-corrected chi connectivity index (χ0v) is 52.0. The van der Waals surface area contributed by atoms with E-state index in [1.807, 2.05) is 0 Å². The number of allylic oxidation sites excluding steroid dienone is 8. The van der Waals surface area contributed by atoms with Crippen molar-refractivity contribution in [1.82, 2.24) is 0 Å². The average Bonchev–Trinajstić information content (AvgIpc) is 3.43. The van der Waals surface area contributed by atoms with Crippen LogP contribution in [0.5, 0.6) is 0 Å². The predicted octanol–water partition coefficient (Wildman–Crippen LogP) is 23.9. The lowest BCUT2D eigenvalue weighted by Crippen LogP contribution is -2.28. The van der Waals surface area contributed by atoms with E-state index in [0.717, 1.165) is 57.8 Å². The van der Waals surface area contributed by atoms with Crippen LogP contribution in [0.2, 0.25) is 0 Å². The molecule has 0 aliphatic rings. The van der Waals surface area contributed by atoms with Crippen molar-refractivity contribution in [3.05, 3.63) is 48.6 Å². The Bertz CT molecular complexity index is 1270. The molecular weight excluding hydrogens is 945 g/mol. The number of aliphatic hydroxyl groups excluding tert-OH is 1. The standard InChI is InChI=1S/C72H134O5/c1-3-5-7-9-11-13-15-17-19-21-23-25-27-29-31-33-35-36-37-39-41-43-45-47-49-51-53-55-57-59-61-63-65-67-72(75)77-70(68-73)69-76-71(74)66-64-62-60-58-56-54-52-50-48-46-44-42-40-38-34-32-30-28-26-24-22-20-18-16-14-12-10-8-6-4-2/h5,7,11,13,17,19,23,25,70,73H,3-4,6,8-10,12,14-16,18,20-22,24,26-69H2,1-2H3/b7-5-,13-11-,19-17-,25-23-. The molecule has 0 spiro atoms. The van der Waals surface area contributed by atoms with E-state index in [2.05, 4.69) is 62.5 Å². The lowest BCUT2D eigenvalue weighted by Gasteiger charge is -2.15. The fourth-order valence-corrected chi connectivity index (χ4v) is 10.7. The van der Waals surface area contributed by atoms with Crippen molar-refractivity contribution in [3.8, 4) is 0 Å². The fraction of sp³-hybridized carbons (Fsp3) is 0.861. The molecule has 1 unspecified atom stereocenters. The third-order valence-corrected chi connectivity index (χ3v) is 15.9. The summed E-state index contributed by atoms with van der Waals surface area (Å²) in [4.78, 5) is 24.6. The van der Waals surface area contributed by atoms with Crippen LogP contribution in [-0.4, -0.2) is 36.4 Å². The van der Waals surface area contributed by atoms with Gasteiger partial charge in [0.1, 0.15) is 6.61 Å². The molecule has 0 aromatic heterocycles. The van der Waals surface area contributed by atoms with E-state index in [4.69, 9.17) is 9.47 Å². The Hall–Kier alpha value is -2.14. The topological polar surface area (TPSA) is 72.8 Å². The fourth-order valence-electron chi connectivity index (χ4n) is 10.7. The summed E-state index contributed by atoms with van der Waals surface area (Å²) in [5.41, 5.74) is 0. The zero-order valence-electron chi connectivity index (χ0n) is 52.0. The molecule has 0 bridgehead atoms. The second-order valence-electron chi connectivity index (χ2n) is 23.6. The number of hydrogen-bond donors (Lipinski definition) is 1. The first-order chi connectivity index (χ1) is 38.1. The molecule has 0 heterocycles. The van der Waals surface area contributed by atoms with Crippen molar-refractivity contribution in [3.63, 3.8) is 0 Å². The molecule has 5 nitrogen and oxygen atoms in total. The van der Waals surface area contributed by atoms with Gasteiger partial charge in [0.15, 0.2) is 6.10 Å². The summed E-state index contributed by atoms with van der Waals surface area (Å²) in [5.74, 6) is -0.566. The van der Waals surface area contributed by atoms with Crippen LogP contribution in [0.25, 0.3) is 0 Å². The van der Waals surface area contributed by atoms with Gasteiger partial charge in [-0.25, -0.2) is 0 Å². The summed E-state index contributed by atoms with van der Waals surface area (Å²) >= 11 is 0. The van der Waals surface area contributed by atoms with E-state index < -0.39 is 6.10 Å². The number of rotatable bonds is 65. The van der Waals surface area contributed by atoms with Crippen molar-refractivity contribution in [2.45, 2.75) is 386 Å². The zero-order chi connectivity index (χ0) is 55.5. The molecule has 5 heteroatoms. The number of carbonyl (C=O) groups is 2. The van der Waals surface area contributed by atoms with Crippen LogP contribution in [0.15, 0.2) is 48.6 Å². The van der Waals surface area contributed by atoms with E-state index in [1.165, 1.54) is 295 Å². The summed E-state index contributed by atoms with van der Waals surface area (Å²) in [6.45, 7) is 4.09. The van der Waals surface area contributed by atoms with E-state index in [-0.39, 0.29) is 25.2 Å². The average molecular weight is 1080 g/mol. The molecule has 0 radical (unpaired) electrons. The van der Waals surface area contributed by atoms with Gasteiger partial charge in [-0.1, -0.05) is 364 Å². The summed E-state index contributed by atoms with van der Waals surface area (Å²) in [6, 6.07) is 0. The minimum atomic E-state index is -0.770. The van der Waals surface area contributed by atoms with Crippen LogP contribution in [0.1, 0.15) is 380 Å². The summed E-state index contributed by atoms with van der Waals surface area (Å²) < 4.78 is 10.8. The highest BCUT2D eigenvalue weighted by atomic mass is 16.6. The van der Waals surface area contributed by atoms with E-state index in [0.29, 0.717) is 12.8 Å². The first-order valence-corrected chi connectivity index (χ1v) is 34.7. The molecule has 0 aliphatic carbocycles. The van der Waals surface area contributed by atoms with Gasteiger partial charge in [-0.3, -0.25) is 9.59 Å². The molecule has 0 aromatic carbocycles. The molecule has 77 heavy (non-hydrogen) atoms. The van der Waals surface area contributed by atoms with E-state index in [1.54, 1.807) is 0 Å². The quantitative estimate of drug-likeness (QED) is 0.0373. The highest BCUT2D eigenvalue weighted by molar-refractivity contribution is 5.70. The molecule has 1 atom stereocenters. The van der Waals surface area contributed by atoms with Crippen molar-refractivity contribution < 1.29 is 24.2 Å². The van der Waals surface area contributed by atoms with Gasteiger partial charge in [0.25, 0.3) is 0 Å². The Morgan fingerprint density at radius 3 is 0.844 bits per heavy atom. The Morgan fingerprint density at radius 1 is 0.312 bits per heavy atom. The monoisotopic (exact) mass is 1080 g/mol. The van der Waals surface area contributed by atoms with Gasteiger partial charge >= 0.3 is 11.9 Å². The van der Waals surface area contributed by atoms with E-state index >= 15 is 0 Å². The number of esters is 2. The number of unbranched alkanes of at least 4 members (excludes halogenated alkanes) is 49. The first kappa shape index (κ1) is 74.9. The minimum absolute atomic E-state index is 0.0593. The van der Waals surface area contributed by atoms with Gasteiger partial charge < -0.3 is 14.6 Å². The largest absolute Gasteiger partial charge is 0.462 e. The van der Waals surface area contributed by atoms with Crippen LogP contribution >= 0.6 is 0 Å². The maximum absolute atomic E-state index is 12.4. The van der Waals surface area contributed by atoms with Crippen molar-refractivity contribution >= 4 is 11.9 Å². The molecular formula is C72H134O5. The van der Waals surface area contributed by atoms with Gasteiger partial charge in [0.2, 0.25) is 0 Å². The van der Waals surface area contributed by atoms with Gasteiger partial charge in [-0.15, -0.1) is 0 Å². The molecule has 0 fully saturated rings. The first-order valence-electron chi connectivity index (χ1n) is 34.7. The summed E-state index contributed by atoms with van der Waals surface area (Å²) in [5, 5.41) is 9.70. The predicted molar refractivity (Wildman–Crippen MR) is 339 cm³/mol. The SMILES string of the molecule is CC/C=C\C/C=C\C/C=C\C/C=C\CCCCCCCCCCCCCCCCCCCCCCC(=O)OC(CO)COC(=O)CCCCCCCCCCCCCCCCCCCCCCCCCCCCCCCC. The smallest absolute Gasteiger partial charge is 0.306 e. The Balaban J connectivity index is 3.39. The molecule has 0 aromatic rings. The highest BCUT2D eigenvalue weighted by Gasteiger charge is 2.16. The van der Waals surface area contributed by atoms with Gasteiger partial charge in [-0.05, 0) is 51.4 Å². The van der Waals surface area contributed by atoms with Gasteiger partial charge in [-0.2, -0.15) is 0 Å².